The zero-order valence-electron chi connectivity index (χ0n) is 20.5. The maximum absolute atomic E-state index is 12.3. The van der Waals surface area contributed by atoms with E-state index in [0.29, 0.717) is 18.2 Å². The summed E-state index contributed by atoms with van der Waals surface area (Å²) in [7, 11) is -29.0. The molecule has 0 aliphatic carbocycles. The van der Waals surface area contributed by atoms with E-state index in [1.807, 2.05) is 0 Å². The zero-order valence-corrected chi connectivity index (χ0v) is 23.0. The molecule has 3 aromatic carbocycles. The van der Waals surface area contributed by atoms with E-state index < -0.39 is 62.4 Å². The van der Waals surface area contributed by atoms with Crippen LogP contribution in [0.15, 0.2) is 75.4 Å². The number of aromatic hydroxyl groups is 2. The van der Waals surface area contributed by atoms with Crippen molar-refractivity contribution in [2.45, 2.75) is 21.6 Å². The number of rotatable bonds is 5. The van der Waals surface area contributed by atoms with Crippen molar-refractivity contribution >= 4 is 43.2 Å². The summed E-state index contributed by atoms with van der Waals surface area (Å²) in [5.41, 5.74) is -1.00. The SMILES string of the molecule is Cc1ccc(S(F)(F)(F)(F)F)cc1C=O.O=Cc1cc(S(F)(F)(F)(F)F)ccc1O.Oc1ccc(S(F)(F)(F)(F)F)cc1. The minimum absolute atomic E-state index is 0.0316. The molecule has 0 radical (unpaired) electrons. The molecule has 0 spiro atoms. The van der Waals surface area contributed by atoms with Crippen LogP contribution in [0.3, 0.4) is 0 Å². The van der Waals surface area contributed by atoms with E-state index in [0.717, 1.165) is 6.07 Å². The molecule has 4 nitrogen and oxygen atoms in total. The van der Waals surface area contributed by atoms with Crippen molar-refractivity contribution < 1.29 is 78.1 Å². The minimum atomic E-state index is -9.78. The van der Waals surface area contributed by atoms with Crippen LogP contribution in [0.25, 0.3) is 0 Å². The van der Waals surface area contributed by atoms with Gasteiger partial charge in [-0.3, -0.25) is 9.59 Å². The topological polar surface area (TPSA) is 74.6 Å². The summed E-state index contributed by atoms with van der Waals surface area (Å²) >= 11 is 0. The predicted molar refractivity (Wildman–Crippen MR) is 132 cm³/mol. The van der Waals surface area contributed by atoms with Gasteiger partial charge in [0.25, 0.3) is 0 Å². The molecule has 0 unspecified atom stereocenters. The highest BCUT2D eigenvalue weighted by Gasteiger charge is 2.67. The Bertz CT molecular complexity index is 1470. The molecule has 0 bridgehead atoms. The fourth-order valence-electron chi connectivity index (χ4n) is 2.56. The molecule has 3 aromatic rings. The van der Waals surface area contributed by atoms with Crippen molar-refractivity contribution in [2.24, 2.45) is 0 Å². The summed E-state index contributed by atoms with van der Waals surface area (Å²) in [4.78, 5) is 14.2. The summed E-state index contributed by atoms with van der Waals surface area (Å²) < 4.78 is 182. The fourth-order valence-corrected chi connectivity index (χ4v) is 4.56. The summed E-state index contributed by atoms with van der Waals surface area (Å²) in [5, 5.41) is 17.4. The number of carbonyl (C=O) groups excluding carboxylic acids is 2. The molecule has 43 heavy (non-hydrogen) atoms. The Balaban J connectivity index is 0.000000324. The van der Waals surface area contributed by atoms with Crippen LogP contribution in [0.1, 0.15) is 26.3 Å². The van der Waals surface area contributed by atoms with Crippen LogP contribution in [0.4, 0.5) is 58.3 Å². The Morgan fingerprint density at radius 1 is 0.488 bits per heavy atom. The number of benzene rings is 3. The summed E-state index contributed by atoms with van der Waals surface area (Å²) in [5.74, 6) is -1.28. The van der Waals surface area contributed by atoms with Crippen LogP contribution in [0.2, 0.25) is 0 Å². The molecule has 0 saturated carbocycles. The summed E-state index contributed by atoms with van der Waals surface area (Å²) in [6.45, 7) is 1.36. The van der Waals surface area contributed by atoms with Gasteiger partial charge in [0.2, 0.25) is 0 Å². The first-order chi connectivity index (χ1) is 18.4. The van der Waals surface area contributed by atoms with Crippen LogP contribution in [0.5, 0.6) is 11.5 Å². The number of phenols is 2. The van der Waals surface area contributed by atoms with Gasteiger partial charge in [-0.1, -0.05) is 64.4 Å². The highest BCUT2D eigenvalue weighted by molar-refractivity contribution is 8.46. The van der Waals surface area contributed by atoms with Crippen LogP contribution in [-0.2, 0) is 0 Å². The maximum atomic E-state index is 12.3. The first-order valence-corrected chi connectivity index (χ1v) is 16.1. The lowest BCUT2D eigenvalue weighted by molar-refractivity contribution is 0.111. The molecule has 0 aliphatic rings. The molecule has 0 amide bonds. The van der Waals surface area contributed by atoms with Crippen molar-refractivity contribution in [3.8, 4) is 11.5 Å². The first kappa shape index (κ1) is 37.6. The van der Waals surface area contributed by atoms with Gasteiger partial charge < -0.3 is 10.2 Å². The van der Waals surface area contributed by atoms with Gasteiger partial charge in [0.1, 0.15) is 32.5 Å². The molecule has 0 saturated heterocycles. The Labute approximate surface area is 231 Å². The molecule has 0 aliphatic heterocycles. The monoisotopic (exact) mass is 714 g/mol. The summed E-state index contributed by atoms with van der Waals surface area (Å²) in [6, 6.07) is 3.07. The van der Waals surface area contributed by atoms with E-state index in [1.165, 1.54) is 6.92 Å². The van der Waals surface area contributed by atoms with E-state index in [1.54, 1.807) is 0 Å². The van der Waals surface area contributed by atoms with Gasteiger partial charge in [-0.25, -0.2) is 0 Å². The fraction of sp³-hybridized carbons (Fsp3) is 0.0476. The van der Waals surface area contributed by atoms with Gasteiger partial charge in [-0.15, -0.1) is 0 Å². The normalized spacial score (nSPS) is 16.9. The minimum Gasteiger partial charge on any atom is -0.508 e. The zero-order chi connectivity index (χ0) is 34.3. The highest BCUT2D eigenvalue weighted by Crippen LogP contribution is 3.03. The Hall–Kier alpha value is -3.40. The molecule has 22 heteroatoms. The molecule has 0 fully saturated rings. The van der Waals surface area contributed by atoms with Crippen molar-refractivity contribution in [1.29, 1.82) is 0 Å². The van der Waals surface area contributed by atoms with Crippen molar-refractivity contribution in [2.75, 3.05) is 0 Å². The third kappa shape index (κ3) is 11.7. The number of carbonyl (C=O) groups is 2. The number of phenolic OH excluding ortho intramolecular Hbond substituents is 2. The highest BCUT2D eigenvalue weighted by atomic mass is 32.5. The van der Waals surface area contributed by atoms with Crippen LogP contribution >= 0.6 is 30.7 Å². The molecular formula is C21H17F15O4S3. The molecule has 3 rings (SSSR count). The van der Waals surface area contributed by atoms with Crippen molar-refractivity contribution in [1.82, 2.24) is 0 Å². The number of aldehydes is 2. The smallest absolute Gasteiger partial charge is 0.310 e. The van der Waals surface area contributed by atoms with Crippen LogP contribution in [0, 0.1) is 6.92 Å². The quantitative estimate of drug-likeness (QED) is 0.204. The Kier molecular flexibility index (Phi) is 7.93. The number of aryl methyl sites for hydroxylation is 1. The number of hydrogen-bond donors (Lipinski definition) is 2. The second kappa shape index (κ2) is 9.06. The molecular weight excluding hydrogens is 697 g/mol. The summed E-state index contributed by atoms with van der Waals surface area (Å²) in [6.07, 6.45) is -0.0231. The van der Waals surface area contributed by atoms with Gasteiger partial charge in [0.05, 0.1) is 5.56 Å². The average molecular weight is 715 g/mol. The van der Waals surface area contributed by atoms with Gasteiger partial charge in [0.15, 0.2) is 6.29 Å². The van der Waals surface area contributed by atoms with E-state index in [-0.39, 0.29) is 60.1 Å². The van der Waals surface area contributed by atoms with Crippen LogP contribution in [-0.4, -0.2) is 22.8 Å². The van der Waals surface area contributed by atoms with E-state index in [2.05, 4.69) is 0 Å². The predicted octanol–water partition coefficient (Wildman–Crippen LogP) is 12.4. The maximum Gasteiger partial charge on any atom is 0.310 e. The van der Waals surface area contributed by atoms with Crippen molar-refractivity contribution in [3.63, 3.8) is 0 Å². The van der Waals surface area contributed by atoms with Crippen LogP contribution < -0.4 is 0 Å². The van der Waals surface area contributed by atoms with E-state index >= 15 is 0 Å². The lowest BCUT2D eigenvalue weighted by Crippen LogP contribution is -2.06. The average Bonchev–Trinajstić information content (AvgIpc) is 2.76. The standard InChI is InChI=1S/C8H7F5OS.C7H5F5O2S.C6H5F5OS/c1-6-2-3-8(4-7(6)5-14)15(9,10,11,12)13;8-15(9,10,11,12)6-1-2-7(14)5(3-6)4-13;7-13(8,9,10,11)6-3-1-5(12)2-4-6/h2-5H,1H3;1-4,14H;1-4,12H. The molecule has 248 valence electrons. The van der Waals surface area contributed by atoms with Gasteiger partial charge >= 0.3 is 30.7 Å². The Morgan fingerprint density at radius 2 is 0.814 bits per heavy atom. The second-order valence-corrected chi connectivity index (χ2v) is 15.6. The van der Waals surface area contributed by atoms with Crippen molar-refractivity contribution in [3.05, 3.63) is 77.4 Å². The van der Waals surface area contributed by atoms with E-state index in [9.17, 15) is 67.9 Å². The first-order valence-electron chi connectivity index (χ1n) is 10.2. The third-order valence-electron chi connectivity index (χ3n) is 4.68. The number of halogens is 15. The largest absolute Gasteiger partial charge is 0.508 e. The molecule has 0 atom stereocenters. The third-order valence-corrected chi connectivity index (χ3v) is 8.13. The Morgan fingerprint density at radius 3 is 1.16 bits per heavy atom. The lowest BCUT2D eigenvalue weighted by atomic mass is 10.1. The molecule has 0 aromatic heterocycles. The number of hydrogen-bond acceptors (Lipinski definition) is 4. The van der Waals surface area contributed by atoms with Gasteiger partial charge in [-0.2, -0.15) is 0 Å². The van der Waals surface area contributed by atoms with Gasteiger partial charge in [0, 0.05) is 5.56 Å². The molecule has 2 N–H and O–H groups in total. The van der Waals surface area contributed by atoms with Gasteiger partial charge in [-0.05, 0) is 67.1 Å². The van der Waals surface area contributed by atoms with E-state index in [4.69, 9.17) is 10.2 Å². The second-order valence-electron chi connectivity index (χ2n) is 8.38. The molecule has 0 heterocycles. The lowest BCUT2D eigenvalue weighted by Gasteiger charge is -2.40.